The number of carbonyl (C=O) groups is 1. The highest BCUT2D eigenvalue weighted by molar-refractivity contribution is 6.07. The summed E-state index contributed by atoms with van der Waals surface area (Å²) in [4.78, 5) is 14.4. The lowest BCUT2D eigenvalue weighted by Gasteiger charge is -2.30. The Labute approximate surface area is 172 Å². The van der Waals surface area contributed by atoms with Gasteiger partial charge in [-0.1, -0.05) is 0 Å². The number of amides is 1. The monoisotopic (exact) mass is 422 g/mol. The molecule has 3 aliphatic rings. The van der Waals surface area contributed by atoms with E-state index in [9.17, 15) is 23.1 Å². The first kappa shape index (κ1) is 19.7. The summed E-state index contributed by atoms with van der Waals surface area (Å²) in [6, 6.07) is 3.36. The lowest BCUT2D eigenvalue weighted by atomic mass is 9.80. The molecule has 1 aromatic heterocycles. The number of furan rings is 1. The smallest absolute Gasteiger partial charge is 0.416 e. The summed E-state index contributed by atoms with van der Waals surface area (Å²) in [5.74, 6) is 0.845. The predicted molar refractivity (Wildman–Crippen MR) is 105 cm³/mol. The minimum atomic E-state index is -4.46. The number of hydrogen-bond acceptors (Lipinski definition) is 4. The molecule has 2 aliphatic carbocycles. The standard InChI is InChI=1S/C22H25F3N2O3/c23-22(24,25)14-1-2-17-16(10-14)18-19(30-17)20(29)26-6-8-27(18)7-4-13-3-5-21(12-28)11-15(21)9-13/h1-2,10,13,15,28H,3-9,11-12H2,(H,26,29)/t13-,15?,21+/m1/s1. The number of carbonyl (C=O) groups excluding carboxylic acids is 1. The third-order valence-corrected chi connectivity index (χ3v) is 7.33. The maximum atomic E-state index is 13.3. The zero-order valence-electron chi connectivity index (χ0n) is 16.6. The summed E-state index contributed by atoms with van der Waals surface area (Å²) in [5, 5.41) is 12.7. The number of aliphatic hydroxyl groups is 1. The van der Waals surface area contributed by atoms with Crippen molar-refractivity contribution in [1.82, 2.24) is 5.32 Å². The fourth-order valence-corrected chi connectivity index (χ4v) is 5.41. The molecular weight excluding hydrogens is 397 g/mol. The van der Waals surface area contributed by atoms with Crippen LogP contribution in [0.3, 0.4) is 0 Å². The first-order chi connectivity index (χ1) is 14.3. The molecule has 3 atom stereocenters. The van der Waals surface area contributed by atoms with Crippen LogP contribution in [0.15, 0.2) is 22.6 Å². The van der Waals surface area contributed by atoms with Crippen molar-refractivity contribution >= 4 is 22.6 Å². The maximum Gasteiger partial charge on any atom is 0.416 e. The highest BCUT2D eigenvalue weighted by Crippen LogP contribution is 2.62. The Kier molecular flexibility index (Phi) is 4.54. The minimum absolute atomic E-state index is 0.0898. The van der Waals surface area contributed by atoms with E-state index in [0.717, 1.165) is 44.2 Å². The van der Waals surface area contributed by atoms with Gasteiger partial charge in [0.25, 0.3) is 5.91 Å². The van der Waals surface area contributed by atoms with Crippen molar-refractivity contribution in [3.63, 3.8) is 0 Å². The fourth-order valence-electron chi connectivity index (χ4n) is 5.41. The van der Waals surface area contributed by atoms with Crippen LogP contribution in [-0.2, 0) is 6.18 Å². The van der Waals surface area contributed by atoms with Gasteiger partial charge < -0.3 is 19.7 Å². The third-order valence-electron chi connectivity index (χ3n) is 7.33. The van der Waals surface area contributed by atoms with E-state index < -0.39 is 11.7 Å². The Morgan fingerprint density at radius 1 is 1.33 bits per heavy atom. The zero-order valence-corrected chi connectivity index (χ0v) is 16.6. The first-order valence-corrected chi connectivity index (χ1v) is 10.6. The van der Waals surface area contributed by atoms with E-state index in [1.807, 2.05) is 4.90 Å². The maximum absolute atomic E-state index is 13.3. The van der Waals surface area contributed by atoms with Crippen molar-refractivity contribution in [2.75, 3.05) is 31.1 Å². The number of aliphatic hydroxyl groups excluding tert-OH is 1. The number of nitrogens with one attached hydrogen (secondary N) is 1. The number of benzene rings is 1. The summed E-state index contributed by atoms with van der Waals surface area (Å²) >= 11 is 0. The molecule has 30 heavy (non-hydrogen) atoms. The summed E-state index contributed by atoms with van der Waals surface area (Å²) in [6.07, 6.45) is 0.785. The normalized spacial score (nSPS) is 28.7. The summed E-state index contributed by atoms with van der Waals surface area (Å²) in [7, 11) is 0. The second-order valence-corrected chi connectivity index (χ2v) is 9.08. The van der Waals surface area contributed by atoms with E-state index in [-0.39, 0.29) is 23.7 Å². The molecule has 1 aromatic carbocycles. The van der Waals surface area contributed by atoms with Gasteiger partial charge in [-0.15, -0.1) is 0 Å². The lowest BCUT2D eigenvalue weighted by Crippen LogP contribution is -2.32. The molecule has 0 saturated heterocycles. The third kappa shape index (κ3) is 3.25. The molecule has 8 heteroatoms. The molecule has 5 rings (SSSR count). The van der Waals surface area contributed by atoms with Crippen LogP contribution in [0.1, 0.15) is 48.2 Å². The Hall–Kier alpha value is -2.22. The Morgan fingerprint density at radius 2 is 2.17 bits per heavy atom. The second kappa shape index (κ2) is 6.90. The van der Waals surface area contributed by atoms with Crippen LogP contribution < -0.4 is 10.2 Å². The number of anilines is 1. The number of hydrogen-bond donors (Lipinski definition) is 2. The van der Waals surface area contributed by atoms with Gasteiger partial charge in [-0.2, -0.15) is 13.2 Å². The molecule has 2 heterocycles. The molecule has 2 saturated carbocycles. The van der Waals surface area contributed by atoms with Gasteiger partial charge in [0.05, 0.1) is 11.3 Å². The topological polar surface area (TPSA) is 65.7 Å². The van der Waals surface area contributed by atoms with Crippen molar-refractivity contribution in [3.05, 3.63) is 29.5 Å². The molecule has 2 aromatic rings. The van der Waals surface area contributed by atoms with Crippen molar-refractivity contribution in [3.8, 4) is 0 Å². The average Bonchev–Trinajstić information content (AvgIpc) is 3.36. The van der Waals surface area contributed by atoms with E-state index in [1.54, 1.807) is 0 Å². The van der Waals surface area contributed by atoms with Crippen molar-refractivity contribution in [2.24, 2.45) is 17.3 Å². The van der Waals surface area contributed by atoms with Crippen molar-refractivity contribution in [2.45, 2.75) is 38.3 Å². The summed E-state index contributed by atoms with van der Waals surface area (Å²) in [5.41, 5.74) is 0.179. The summed E-state index contributed by atoms with van der Waals surface area (Å²) in [6.45, 7) is 1.89. The predicted octanol–water partition coefficient (Wildman–Crippen LogP) is 4.19. The molecule has 1 unspecified atom stereocenters. The molecule has 0 spiro atoms. The Bertz CT molecular complexity index is 986. The van der Waals surface area contributed by atoms with E-state index in [1.165, 1.54) is 6.07 Å². The quantitative estimate of drug-likeness (QED) is 0.776. The van der Waals surface area contributed by atoms with Crippen LogP contribution in [0, 0.1) is 17.3 Å². The number of alkyl halides is 3. The number of rotatable bonds is 4. The van der Waals surface area contributed by atoms with Gasteiger partial charge in [0, 0.05) is 31.6 Å². The number of nitrogens with zero attached hydrogens (tertiary/aromatic N) is 1. The molecule has 1 amide bonds. The fraction of sp³-hybridized carbons (Fsp3) is 0.591. The average molecular weight is 422 g/mol. The largest absolute Gasteiger partial charge is 0.449 e. The Morgan fingerprint density at radius 3 is 2.90 bits per heavy atom. The van der Waals surface area contributed by atoms with E-state index in [2.05, 4.69) is 5.32 Å². The molecule has 162 valence electrons. The van der Waals surface area contributed by atoms with E-state index in [4.69, 9.17) is 4.42 Å². The van der Waals surface area contributed by atoms with Gasteiger partial charge in [-0.25, -0.2) is 0 Å². The molecular formula is C22H25F3N2O3. The SMILES string of the molecule is O=C1NCCN(CC[C@H]2CC[C@@]3(CO)CC3C2)c2c1oc1ccc(C(F)(F)F)cc21. The van der Waals surface area contributed by atoms with E-state index in [0.29, 0.717) is 48.1 Å². The zero-order chi connectivity index (χ0) is 21.1. The minimum Gasteiger partial charge on any atom is -0.449 e. The first-order valence-electron chi connectivity index (χ1n) is 10.6. The van der Waals surface area contributed by atoms with Crippen LogP contribution in [0.5, 0.6) is 0 Å². The van der Waals surface area contributed by atoms with E-state index >= 15 is 0 Å². The molecule has 5 nitrogen and oxygen atoms in total. The molecule has 0 bridgehead atoms. The van der Waals surface area contributed by atoms with Crippen LogP contribution in [0.4, 0.5) is 18.9 Å². The second-order valence-electron chi connectivity index (χ2n) is 9.08. The van der Waals surface area contributed by atoms with Gasteiger partial charge >= 0.3 is 6.18 Å². The molecule has 2 N–H and O–H groups in total. The molecule has 1 aliphatic heterocycles. The van der Waals surface area contributed by atoms with Gasteiger partial charge in [-0.05, 0) is 67.6 Å². The Balaban J connectivity index is 1.41. The highest BCUT2D eigenvalue weighted by Gasteiger charge is 2.55. The van der Waals surface area contributed by atoms with Crippen LogP contribution in [-0.4, -0.2) is 37.3 Å². The van der Waals surface area contributed by atoms with Crippen molar-refractivity contribution in [1.29, 1.82) is 0 Å². The van der Waals surface area contributed by atoms with Crippen molar-refractivity contribution < 1.29 is 27.5 Å². The van der Waals surface area contributed by atoms with Crippen LogP contribution in [0.25, 0.3) is 11.0 Å². The van der Waals surface area contributed by atoms with Crippen LogP contribution >= 0.6 is 0 Å². The van der Waals surface area contributed by atoms with Gasteiger partial charge in [0.15, 0.2) is 0 Å². The number of halogens is 3. The van der Waals surface area contributed by atoms with Crippen LogP contribution in [0.2, 0.25) is 0 Å². The summed E-state index contributed by atoms with van der Waals surface area (Å²) < 4.78 is 45.5. The molecule has 0 radical (unpaired) electrons. The highest BCUT2D eigenvalue weighted by atomic mass is 19.4. The number of fused-ring (bicyclic) bond motifs is 4. The lowest BCUT2D eigenvalue weighted by molar-refractivity contribution is -0.137. The van der Waals surface area contributed by atoms with Gasteiger partial charge in [0.1, 0.15) is 5.58 Å². The molecule has 2 fully saturated rings. The van der Waals surface area contributed by atoms with Gasteiger partial charge in [-0.3, -0.25) is 4.79 Å². The van der Waals surface area contributed by atoms with Gasteiger partial charge in [0.2, 0.25) is 5.76 Å².